The summed E-state index contributed by atoms with van der Waals surface area (Å²) in [6.07, 6.45) is 2.66. The number of nitrogens with zero attached hydrogens (tertiary/aromatic N) is 3. The Balaban J connectivity index is 1.54. The second kappa shape index (κ2) is 7.31. The largest absolute Gasteiger partial charge is 0.454 e. The third-order valence-electron chi connectivity index (χ3n) is 4.45. The fourth-order valence-corrected chi connectivity index (χ4v) is 5.32. The number of nitrogen functional groups attached to an aromatic ring is 1. The summed E-state index contributed by atoms with van der Waals surface area (Å²) in [5, 5.41) is 2.97. The minimum atomic E-state index is 0.247. The van der Waals surface area contributed by atoms with E-state index in [9.17, 15) is 0 Å². The lowest BCUT2D eigenvalue weighted by atomic mass is 10.3. The number of rotatable bonds is 5. The van der Waals surface area contributed by atoms with Gasteiger partial charge in [-0.25, -0.2) is 9.97 Å². The standard InChI is InChI=1S/C19H15BrN4O2S2/c20-12-8-14-15(26-10-25-14)9-16(12)28-19-23-17-13(3-5-22-18(17)21)24(19)6-4-11-2-1-7-27-11/h1-3,5,7-9H,4,6,10H2,(H2,21,22). The van der Waals surface area contributed by atoms with E-state index in [1.54, 1.807) is 29.3 Å². The van der Waals surface area contributed by atoms with Crippen molar-refractivity contribution in [3.63, 3.8) is 0 Å². The molecule has 0 spiro atoms. The molecule has 5 rings (SSSR count). The number of anilines is 1. The van der Waals surface area contributed by atoms with Gasteiger partial charge in [0, 0.05) is 27.0 Å². The van der Waals surface area contributed by atoms with Crippen LogP contribution in [-0.2, 0) is 13.0 Å². The number of thiophene rings is 1. The molecule has 1 aliphatic rings. The van der Waals surface area contributed by atoms with Gasteiger partial charge >= 0.3 is 0 Å². The lowest BCUT2D eigenvalue weighted by molar-refractivity contribution is 0.174. The molecule has 2 N–H and O–H groups in total. The van der Waals surface area contributed by atoms with Gasteiger partial charge in [0.25, 0.3) is 0 Å². The summed E-state index contributed by atoms with van der Waals surface area (Å²) in [5.41, 5.74) is 7.81. The Morgan fingerprint density at radius 1 is 1.25 bits per heavy atom. The number of imidazole rings is 1. The van der Waals surface area contributed by atoms with E-state index in [1.807, 2.05) is 18.2 Å². The van der Waals surface area contributed by atoms with Gasteiger partial charge in [-0.1, -0.05) is 17.8 Å². The molecule has 0 fully saturated rings. The second-order valence-electron chi connectivity index (χ2n) is 6.18. The molecule has 1 aromatic carbocycles. The number of nitrogens with two attached hydrogens (primary N) is 1. The highest BCUT2D eigenvalue weighted by Gasteiger charge is 2.20. The molecule has 9 heteroatoms. The van der Waals surface area contributed by atoms with Crippen molar-refractivity contribution in [3.05, 3.63) is 51.3 Å². The van der Waals surface area contributed by atoms with Gasteiger partial charge in [-0.05, 0) is 52.0 Å². The summed E-state index contributed by atoms with van der Waals surface area (Å²) in [4.78, 5) is 11.3. The van der Waals surface area contributed by atoms with Crippen LogP contribution < -0.4 is 15.2 Å². The predicted molar refractivity (Wildman–Crippen MR) is 114 cm³/mol. The lowest BCUT2D eigenvalue weighted by Gasteiger charge is -2.10. The average Bonchev–Trinajstić information content (AvgIpc) is 3.41. The number of pyridine rings is 1. The van der Waals surface area contributed by atoms with Crippen molar-refractivity contribution in [1.29, 1.82) is 0 Å². The number of halogens is 1. The Labute approximate surface area is 177 Å². The van der Waals surface area contributed by atoms with Crippen LogP contribution in [0.1, 0.15) is 4.88 Å². The zero-order chi connectivity index (χ0) is 19.1. The van der Waals surface area contributed by atoms with E-state index < -0.39 is 0 Å². The Kier molecular flexibility index (Phi) is 4.65. The molecule has 0 aliphatic carbocycles. The van der Waals surface area contributed by atoms with Gasteiger partial charge in [-0.2, -0.15) is 0 Å². The first-order chi connectivity index (χ1) is 13.7. The highest BCUT2D eigenvalue weighted by Crippen LogP contribution is 2.43. The van der Waals surface area contributed by atoms with Gasteiger partial charge in [0.1, 0.15) is 5.52 Å². The first kappa shape index (κ1) is 17.8. The lowest BCUT2D eigenvalue weighted by Crippen LogP contribution is -2.02. The molecule has 0 bridgehead atoms. The molecule has 4 aromatic rings. The summed E-state index contributed by atoms with van der Waals surface area (Å²) in [6.45, 7) is 1.06. The number of benzene rings is 1. The molecule has 3 aromatic heterocycles. The van der Waals surface area contributed by atoms with Gasteiger partial charge < -0.3 is 19.8 Å². The van der Waals surface area contributed by atoms with E-state index in [-0.39, 0.29) is 6.79 Å². The molecule has 0 saturated heterocycles. The number of fused-ring (bicyclic) bond motifs is 2. The van der Waals surface area contributed by atoms with Crippen molar-refractivity contribution in [2.24, 2.45) is 0 Å². The average molecular weight is 475 g/mol. The van der Waals surface area contributed by atoms with E-state index in [2.05, 4.69) is 43.0 Å². The SMILES string of the molecule is Nc1nccc2c1nc(Sc1cc3c(cc1Br)OCO3)n2CCc1cccs1. The fourth-order valence-electron chi connectivity index (χ4n) is 3.10. The number of aromatic nitrogens is 3. The molecule has 0 atom stereocenters. The van der Waals surface area contributed by atoms with Crippen LogP contribution in [0.4, 0.5) is 5.82 Å². The normalized spacial score (nSPS) is 12.8. The molecule has 4 heterocycles. The number of hydrogen-bond acceptors (Lipinski definition) is 7. The molecular weight excluding hydrogens is 460 g/mol. The minimum absolute atomic E-state index is 0.247. The van der Waals surface area contributed by atoms with Gasteiger partial charge in [0.15, 0.2) is 22.5 Å². The van der Waals surface area contributed by atoms with Gasteiger partial charge in [-0.3, -0.25) is 0 Å². The summed E-state index contributed by atoms with van der Waals surface area (Å²) in [5.74, 6) is 1.93. The fraction of sp³-hybridized carbons (Fsp3) is 0.158. The maximum absolute atomic E-state index is 6.09. The Bertz CT molecular complexity index is 1160. The molecule has 0 unspecified atom stereocenters. The summed E-state index contributed by atoms with van der Waals surface area (Å²) < 4.78 is 14.1. The topological polar surface area (TPSA) is 75.2 Å². The molecule has 28 heavy (non-hydrogen) atoms. The van der Waals surface area contributed by atoms with Gasteiger partial charge in [-0.15, -0.1) is 11.3 Å². The summed E-state index contributed by atoms with van der Waals surface area (Å²) >= 11 is 6.96. The van der Waals surface area contributed by atoms with Crippen molar-refractivity contribution >= 4 is 55.9 Å². The van der Waals surface area contributed by atoms with E-state index in [0.29, 0.717) is 5.82 Å². The van der Waals surface area contributed by atoms with E-state index in [1.165, 1.54) is 4.88 Å². The summed E-state index contributed by atoms with van der Waals surface area (Å²) in [7, 11) is 0. The van der Waals surface area contributed by atoms with Crippen LogP contribution in [0.25, 0.3) is 11.0 Å². The van der Waals surface area contributed by atoms with Crippen molar-refractivity contribution in [1.82, 2.24) is 14.5 Å². The number of hydrogen-bond donors (Lipinski definition) is 1. The Morgan fingerprint density at radius 2 is 2.11 bits per heavy atom. The number of ether oxygens (including phenoxy) is 2. The van der Waals surface area contributed by atoms with Crippen molar-refractivity contribution < 1.29 is 9.47 Å². The van der Waals surface area contributed by atoms with Crippen LogP contribution in [0.5, 0.6) is 11.5 Å². The number of aryl methyl sites for hydroxylation is 2. The third kappa shape index (κ3) is 3.23. The summed E-state index contributed by atoms with van der Waals surface area (Å²) in [6, 6.07) is 10.1. The minimum Gasteiger partial charge on any atom is -0.454 e. The molecule has 0 amide bonds. The van der Waals surface area contributed by atoms with Gasteiger partial charge in [0.2, 0.25) is 6.79 Å². The molecule has 0 saturated carbocycles. The highest BCUT2D eigenvalue weighted by molar-refractivity contribution is 9.10. The van der Waals surface area contributed by atoms with Crippen molar-refractivity contribution in [2.45, 2.75) is 23.0 Å². The van der Waals surface area contributed by atoms with Crippen LogP contribution in [0, 0.1) is 0 Å². The maximum Gasteiger partial charge on any atom is 0.231 e. The zero-order valence-corrected chi connectivity index (χ0v) is 17.8. The molecule has 0 radical (unpaired) electrons. The van der Waals surface area contributed by atoms with E-state index in [0.717, 1.165) is 50.0 Å². The van der Waals surface area contributed by atoms with Crippen LogP contribution in [-0.4, -0.2) is 21.3 Å². The Hall–Kier alpha value is -2.23. The van der Waals surface area contributed by atoms with Crippen LogP contribution in [0.15, 0.2) is 56.4 Å². The first-order valence-corrected chi connectivity index (χ1v) is 11.1. The monoisotopic (exact) mass is 474 g/mol. The first-order valence-electron chi connectivity index (χ1n) is 8.59. The van der Waals surface area contributed by atoms with Crippen LogP contribution >= 0.6 is 39.0 Å². The predicted octanol–water partition coefficient (Wildman–Crippen LogP) is 4.96. The molecule has 1 aliphatic heterocycles. The van der Waals surface area contributed by atoms with Crippen molar-refractivity contribution in [3.8, 4) is 11.5 Å². The highest BCUT2D eigenvalue weighted by atomic mass is 79.9. The third-order valence-corrected chi connectivity index (χ3v) is 7.36. The Morgan fingerprint density at radius 3 is 2.93 bits per heavy atom. The molecule has 6 nitrogen and oxygen atoms in total. The quantitative estimate of drug-likeness (QED) is 0.440. The van der Waals surface area contributed by atoms with Crippen LogP contribution in [0.3, 0.4) is 0 Å². The smallest absolute Gasteiger partial charge is 0.231 e. The molecular formula is C19H15BrN4O2S2. The van der Waals surface area contributed by atoms with E-state index >= 15 is 0 Å². The second-order valence-corrected chi connectivity index (χ2v) is 9.07. The van der Waals surface area contributed by atoms with Gasteiger partial charge in [0.05, 0.1) is 5.52 Å². The van der Waals surface area contributed by atoms with Crippen molar-refractivity contribution in [2.75, 3.05) is 12.5 Å². The van der Waals surface area contributed by atoms with Crippen LogP contribution in [0.2, 0.25) is 0 Å². The van der Waals surface area contributed by atoms with E-state index in [4.69, 9.17) is 20.2 Å². The zero-order valence-electron chi connectivity index (χ0n) is 14.6. The maximum atomic E-state index is 6.09. The molecule has 142 valence electrons.